The van der Waals surface area contributed by atoms with E-state index in [9.17, 15) is 4.79 Å². The molecular weight excluding hydrogens is 332 g/mol. The number of carbonyl (C=O) groups excluding carboxylic acids is 1. The van der Waals surface area contributed by atoms with Gasteiger partial charge in [0, 0.05) is 37.0 Å². The normalized spacial score (nSPS) is 12.7. The largest absolute Gasteiger partial charge is 0.454 e. The first kappa shape index (κ1) is 18.3. The van der Waals surface area contributed by atoms with Crippen molar-refractivity contribution in [2.24, 2.45) is 7.05 Å². The zero-order valence-corrected chi connectivity index (χ0v) is 16.1. The molecule has 0 atom stereocenters. The van der Waals surface area contributed by atoms with Gasteiger partial charge in [-0.15, -0.1) is 0 Å². The lowest BCUT2D eigenvalue weighted by atomic mass is 10.1. The molecule has 0 N–H and O–H groups in total. The summed E-state index contributed by atoms with van der Waals surface area (Å²) in [6, 6.07) is 5.79. The average molecular weight is 358 g/mol. The zero-order chi connectivity index (χ0) is 18.8. The number of likely N-dealkylation sites (N-methyl/N-ethyl adjacent to an activating group) is 1. The van der Waals surface area contributed by atoms with Crippen LogP contribution in [0.1, 0.15) is 22.5 Å². The second-order valence-electron chi connectivity index (χ2n) is 6.91. The molecule has 0 saturated heterocycles. The number of rotatable bonds is 6. The van der Waals surface area contributed by atoms with E-state index in [2.05, 4.69) is 5.10 Å². The number of hydrogen-bond acceptors (Lipinski definition) is 5. The molecule has 0 unspecified atom stereocenters. The van der Waals surface area contributed by atoms with E-state index < -0.39 is 0 Å². The van der Waals surface area contributed by atoms with Crippen LogP contribution in [0.5, 0.6) is 11.5 Å². The first-order valence-electron chi connectivity index (χ1n) is 8.66. The molecule has 0 spiro atoms. The van der Waals surface area contributed by atoms with Crippen LogP contribution in [0.2, 0.25) is 0 Å². The van der Waals surface area contributed by atoms with Crippen molar-refractivity contribution in [3.8, 4) is 11.5 Å². The summed E-state index contributed by atoms with van der Waals surface area (Å²) in [4.78, 5) is 16.6. The Morgan fingerprint density at radius 3 is 2.65 bits per heavy atom. The first-order valence-corrected chi connectivity index (χ1v) is 8.66. The third kappa shape index (κ3) is 3.67. The highest BCUT2D eigenvalue weighted by Crippen LogP contribution is 2.36. The van der Waals surface area contributed by atoms with Gasteiger partial charge in [0.25, 0.3) is 0 Å². The van der Waals surface area contributed by atoms with E-state index in [1.54, 1.807) is 0 Å². The van der Waals surface area contributed by atoms with Gasteiger partial charge in [-0.1, -0.05) is 12.1 Å². The molecule has 1 aromatic heterocycles. The van der Waals surface area contributed by atoms with Crippen LogP contribution in [0.3, 0.4) is 0 Å². The molecule has 0 fully saturated rings. The van der Waals surface area contributed by atoms with Crippen LogP contribution in [0, 0.1) is 13.8 Å². The Morgan fingerprint density at radius 1 is 1.23 bits per heavy atom. The van der Waals surface area contributed by atoms with Gasteiger partial charge in [0.1, 0.15) is 0 Å². The number of amides is 1. The molecule has 140 valence electrons. The summed E-state index contributed by atoms with van der Waals surface area (Å²) in [5, 5.41) is 4.47. The fraction of sp³-hybridized carbons (Fsp3) is 0.474. The number of ether oxygens (including phenoxy) is 2. The van der Waals surface area contributed by atoms with Crippen molar-refractivity contribution in [1.82, 2.24) is 19.6 Å². The molecule has 1 aliphatic rings. The van der Waals surface area contributed by atoms with Crippen LogP contribution in [0.4, 0.5) is 0 Å². The molecule has 1 aromatic carbocycles. The van der Waals surface area contributed by atoms with Crippen LogP contribution in [-0.4, -0.2) is 52.9 Å². The van der Waals surface area contributed by atoms with E-state index >= 15 is 0 Å². The minimum atomic E-state index is 0.0640. The Hall–Kier alpha value is -2.54. The summed E-state index contributed by atoms with van der Waals surface area (Å²) < 4.78 is 12.9. The maximum atomic E-state index is 12.9. The van der Waals surface area contributed by atoms with Crippen LogP contribution in [-0.2, 0) is 24.9 Å². The lowest BCUT2D eigenvalue weighted by Gasteiger charge is -2.25. The lowest BCUT2D eigenvalue weighted by Crippen LogP contribution is -2.37. The minimum absolute atomic E-state index is 0.0640. The van der Waals surface area contributed by atoms with Crippen molar-refractivity contribution in [2.45, 2.75) is 26.9 Å². The number of hydrogen-bond donors (Lipinski definition) is 0. The third-order valence-corrected chi connectivity index (χ3v) is 4.65. The van der Waals surface area contributed by atoms with Gasteiger partial charge in [-0.05, 0) is 34.0 Å². The van der Waals surface area contributed by atoms with Gasteiger partial charge in [-0.2, -0.15) is 5.10 Å². The number of carbonyl (C=O) groups is 1. The molecule has 0 saturated carbocycles. The summed E-state index contributed by atoms with van der Waals surface area (Å²) >= 11 is 0. The number of fused-ring (bicyclic) bond motifs is 1. The van der Waals surface area contributed by atoms with Crippen molar-refractivity contribution in [3.05, 3.63) is 40.7 Å². The third-order valence-electron chi connectivity index (χ3n) is 4.65. The summed E-state index contributed by atoms with van der Waals surface area (Å²) in [6.07, 6.45) is 0. The highest BCUT2D eigenvalue weighted by Gasteiger charge is 2.23. The molecule has 0 radical (unpaired) electrons. The number of aryl methyl sites for hydroxylation is 2. The lowest BCUT2D eigenvalue weighted by molar-refractivity contribution is -0.133. The molecular formula is C19H26N4O3. The van der Waals surface area contributed by atoms with Gasteiger partial charge in [-0.25, -0.2) is 0 Å². The summed E-state index contributed by atoms with van der Waals surface area (Å²) in [6.45, 7) is 5.56. The summed E-state index contributed by atoms with van der Waals surface area (Å²) in [5.74, 6) is 1.53. The number of benzene rings is 1. The van der Waals surface area contributed by atoms with Crippen LogP contribution >= 0.6 is 0 Å². The molecule has 7 nitrogen and oxygen atoms in total. The fourth-order valence-electron chi connectivity index (χ4n) is 3.16. The average Bonchev–Trinajstić information content (AvgIpc) is 3.14. The van der Waals surface area contributed by atoms with Crippen molar-refractivity contribution < 1.29 is 14.3 Å². The van der Waals surface area contributed by atoms with Crippen LogP contribution < -0.4 is 9.47 Å². The van der Waals surface area contributed by atoms with E-state index in [4.69, 9.17) is 9.47 Å². The number of aromatic nitrogens is 2. The van der Waals surface area contributed by atoms with Crippen LogP contribution in [0.25, 0.3) is 0 Å². The quantitative estimate of drug-likeness (QED) is 0.789. The molecule has 0 aliphatic carbocycles. The summed E-state index contributed by atoms with van der Waals surface area (Å²) in [7, 11) is 5.72. The predicted molar refractivity (Wildman–Crippen MR) is 98.1 cm³/mol. The highest BCUT2D eigenvalue weighted by atomic mass is 16.7. The maximum Gasteiger partial charge on any atom is 0.237 e. The standard InChI is InChI=1S/C19H26N4O3/c1-13-16(14(2)22(5)20-13)10-23(18(24)11-21(3)4)9-15-7-6-8-17-19(15)26-12-25-17/h6-8H,9-12H2,1-5H3. The van der Waals surface area contributed by atoms with Crippen molar-refractivity contribution in [2.75, 3.05) is 27.4 Å². The Balaban J connectivity index is 1.89. The molecule has 2 heterocycles. The van der Waals surface area contributed by atoms with Crippen molar-refractivity contribution >= 4 is 5.91 Å². The fourth-order valence-corrected chi connectivity index (χ4v) is 3.16. The monoisotopic (exact) mass is 358 g/mol. The molecule has 0 bridgehead atoms. The Labute approximate surface area is 154 Å². The number of nitrogens with zero attached hydrogens (tertiary/aromatic N) is 4. The molecule has 7 heteroatoms. The van der Waals surface area contributed by atoms with Gasteiger partial charge < -0.3 is 19.3 Å². The van der Waals surface area contributed by atoms with Crippen molar-refractivity contribution in [1.29, 1.82) is 0 Å². The van der Waals surface area contributed by atoms with Crippen LogP contribution in [0.15, 0.2) is 18.2 Å². The predicted octanol–water partition coefficient (Wildman–Crippen LogP) is 1.86. The Bertz CT molecular complexity index is 813. The highest BCUT2D eigenvalue weighted by molar-refractivity contribution is 5.78. The molecule has 2 aromatic rings. The Morgan fingerprint density at radius 2 is 2.00 bits per heavy atom. The van der Waals surface area contributed by atoms with Gasteiger partial charge in [0.05, 0.1) is 12.2 Å². The molecule has 1 amide bonds. The van der Waals surface area contributed by atoms with E-state index in [0.717, 1.165) is 34.0 Å². The minimum Gasteiger partial charge on any atom is -0.454 e. The van der Waals surface area contributed by atoms with Gasteiger partial charge in [0.2, 0.25) is 12.7 Å². The second kappa shape index (κ2) is 7.37. The summed E-state index contributed by atoms with van der Waals surface area (Å²) in [5.41, 5.74) is 4.06. The van der Waals surface area contributed by atoms with E-state index in [-0.39, 0.29) is 12.7 Å². The maximum absolute atomic E-state index is 12.9. The molecule has 3 rings (SSSR count). The van der Waals surface area contributed by atoms with E-state index in [1.807, 2.05) is 67.7 Å². The van der Waals surface area contributed by atoms with Gasteiger partial charge >= 0.3 is 0 Å². The molecule has 1 aliphatic heterocycles. The number of para-hydroxylation sites is 1. The smallest absolute Gasteiger partial charge is 0.237 e. The SMILES string of the molecule is Cc1nn(C)c(C)c1CN(Cc1cccc2c1OCO2)C(=O)CN(C)C. The van der Waals surface area contributed by atoms with Gasteiger partial charge in [-0.3, -0.25) is 9.48 Å². The second-order valence-corrected chi connectivity index (χ2v) is 6.91. The Kier molecular flexibility index (Phi) is 5.18. The first-order chi connectivity index (χ1) is 12.4. The molecule has 26 heavy (non-hydrogen) atoms. The van der Waals surface area contributed by atoms with Gasteiger partial charge in [0.15, 0.2) is 11.5 Å². The topological polar surface area (TPSA) is 59.8 Å². The van der Waals surface area contributed by atoms with E-state index in [0.29, 0.717) is 19.6 Å². The van der Waals surface area contributed by atoms with Crippen molar-refractivity contribution in [3.63, 3.8) is 0 Å². The zero-order valence-electron chi connectivity index (χ0n) is 16.1. The van der Waals surface area contributed by atoms with E-state index in [1.165, 1.54) is 0 Å².